The lowest BCUT2D eigenvalue weighted by Gasteiger charge is -2.14. The molecule has 0 radical (unpaired) electrons. The molecule has 0 atom stereocenters. The minimum absolute atomic E-state index is 0.00702. The van der Waals surface area contributed by atoms with Gasteiger partial charge in [0.15, 0.2) is 0 Å². The SMILES string of the molecule is Cc1sc2ccccc2c1C1=C(Cl)C(=O)N(Cc2ccccc2)C1=O. The summed E-state index contributed by atoms with van der Waals surface area (Å²) in [6, 6.07) is 17.3. The van der Waals surface area contributed by atoms with Crippen molar-refractivity contribution in [2.45, 2.75) is 13.5 Å². The number of aryl methyl sites for hydroxylation is 1. The van der Waals surface area contributed by atoms with Crippen molar-refractivity contribution in [3.8, 4) is 0 Å². The normalized spacial score (nSPS) is 14.9. The lowest BCUT2D eigenvalue weighted by atomic mass is 10.0. The van der Waals surface area contributed by atoms with E-state index < -0.39 is 5.91 Å². The molecule has 0 aliphatic carbocycles. The molecule has 2 heterocycles. The Morgan fingerprint density at radius 2 is 1.64 bits per heavy atom. The Labute approximate surface area is 154 Å². The fourth-order valence-corrected chi connectivity index (χ4v) is 4.50. The van der Waals surface area contributed by atoms with Gasteiger partial charge in [0.25, 0.3) is 11.8 Å². The van der Waals surface area contributed by atoms with E-state index in [4.69, 9.17) is 11.6 Å². The van der Waals surface area contributed by atoms with Crippen LogP contribution in [0.5, 0.6) is 0 Å². The summed E-state index contributed by atoms with van der Waals surface area (Å²) >= 11 is 7.92. The molecule has 0 saturated carbocycles. The van der Waals surface area contributed by atoms with Crippen LogP contribution >= 0.6 is 22.9 Å². The highest BCUT2D eigenvalue weighted by Crippen LogP contribution is 2.41. The molecule has 0 spiro atoms. The molecule has 3 aromatic rings. The number of nitrogens with zero attached hydrogens (tertiary/aromatic N) is 1. The van der Waals surface area contributed by atoms with Crippen molar-refractivity contribution in [1.29, 1.82) is 0 Å². The lowest BCUT2D eigenvalue weighted by molar-refractivity contribution is -0.137. The average Bonchev–Trinajstić information content (AvgIpc) is 3.05. The Kier molecular flexibility index (Phi) is 3.94. The Hall–Kier alpha value is -2.43. The summed E-state index contributed by atoms with van der Waals surface area (Å²) in [5.41, 5.74) is 1.99. The van der Waals surface area contributed by atoms with E-state index in [9.17, 15) is 9.59 Å². The highest BCUT2D eigenvalue weighted by atomic mass is 35.5. The predicted molar refractivity (Wildman–Crippen MR) is 101 cm³/mol. The van der Waals surface area contributed by atoms with Crippen LogP contribution in [0.3, 0.4) is 0 Å². The second-order valence-corrected chi connectivity index (χ2v) is 7.53. The molecule has 25 heavy (non-hydrogen) atoms. The zero-order chi connectivity index (χ0) is 17.6. The fourth-order valence-electron chi connectivity index (χ4n) is 3.15. The summed E-state index contributed by atoms with van der Waals surface area (Å²) in [7, 11) is 0. The minimum Gasteiger partial charge on any atom is -0.269 e. The number of amides is 2. The van der Waals surface area contributed by atoms with E-state index in [1.165, 1.54) is 4.90 Å². The van der Waals surface area contributed by atoms with E-state index >= 15 is 0 Å². The quantitative estimate of drug-likeness (QED) is 0.627. The second kappa shape index (κ2) is 6.14. The van der Waals surface area contributed by atoms with E-state index in [0.717, 1.165) is 26.1 Å². The topological polar surface area (TPSA) is 37.4 Å². The number of rotatable bonds is 3. The Morgan fingerprint density at radius 1 is 0.960 bits per heavy atom. The molecule has 1 aromatic heterocycles. The van der Waals surface area contributed by atoms with Gasteiger partial charge in [-0.25, -0.2) is 0 Å². The van der Waals surface area contributed by atoms with Crippen LogP contribution in [0.4, 0.5) is 0 Å². The van der Waals surface area contributed by atoms with Gasteiger partial charge < -0.3 is 0 Å². The van der Waals surface area contributed by atoms with Gasteiger partial charge in [-0.1, -0.05) is 60.1 Å². The molecule has 4 rings (SSSR count). The van der Waals surface area contributed by atoms with Crippen LogP contribution in [0.1, 0.15) is 16.0 Å². The van der Waals surface area contributed by atoms with Crippen LogP contribution in [-0.4, -0.2) is 16.7 Å². The number of thiophene rings is 1. The third-order valence-electron chi connectivity index (χ3n) is 4.32. The maximum Gasteiger partial charge on any atom is 0.273 e. The van der Waals surface area contributed by atoms with Gasteiger partial charge in [-0.3, -0.25) is 14.5 Å². The molecule has 0 unspecified atom stereocenters. The Balaban J connectivity index is 1.79. The largest absolute Gasteiger partial charge is 0.273 e. The van der Waals surface area contributed by atoms with Gasteiger partial charge >= 0.3 is 0 Å². The van der Waals surface area contributed by atoms with Crippen molar-refractivity contribution in [3.63, 3.8) is 0 Å². The van der Waals surface area contributed by atoms with E-state index in [0.29, 0.717) is 5.57 Å². The number of carbonyl (C=O) groups is 2. The van der Waals surface area contributed by atoms with Gasteiger partial charge in [0.2, 0.25) is 0 Å². The number of imide groups is 1. The van der Waals surface area contributed by atoms with Crippen molar-refractivity contribution < 1.29 is 9.59 Å². The van der Waals surface area contributed by atoms with Crippen molar-refractivity contribution in [3.05, 3.63) is 75.6 Å². The molecular formula is C20H14ClNO2S. The van der Waals surface area contributed by atoms with Gasteiger partial charge in [0.1, 0.15) is 5.03 Å². The molecular weight excluding hydrogens is 354 g/mol. The van der Waals surface area contributed by atoms with Crippen molar-refractivity contribution in [2.24, 2.45) is 0 Å². The third kappa shape index (κ3) is 2.58. The molecule has 0 N–H and O–H groups in total. The molecule has 5 heteroatoms. The van der Waals surface area contributed by atoms with Crippen molar-refractivity contribution in [1.82, 2.24) is 4.90 Å². The van der Waals surface area contributed by atoms with Gasteiger partial charge in [-0.05, 0) is 18.6 Å². The minimum atomic E-state index is -0.430. The smallest absolute Gasteiger partial charge is 0.269 e. The first-order chi connectivity index (χ1) is 12.1. The summed E-state index contributed by atoms with van der Waals surface area (Å²) in [5, 5.41) is 0.966. The first-order valence-electron chi connectivity index (χ1n) is 7.86. The predicted octanol–water partition coefficient (Wildman–Crippen LogP) is 4.73. The highest BCUT2D eigenvalue weighted by molar-refractivity contribution is 7.19. The summed E-state index contributed by atoms with van der Waals surface area (Å²) in [4.78, 5) is 27.8. The van der Waals surface area contributed by atoms with Crippen LogP contribution in [0.25, 0.3) is 15.7 Å². The summed E-state index contributed by atoms with van der Waals surface area (Å²) in [6.07, 6.45) is 0. The number of benzene rings is 2. The van der Waals surface area contributed by atoms with E-state index in [-0.39, 0.29) is 17.5 Å². The number of carbonyl (C=O) groups excluding carboxylic acids is 2. The summed E-state index contributed by atoms with van der Waals surface area (Å²) in [6.45, 7) is 2.17. The molecule has 1 aliphatic heterocycles. The first-order valence-corrected chi connectivity index (χ1v) is 9.05. The molecule has 2 aromatic carbocycles. The van der Waals surface area contributed by atoms with Gasteiger partial charge in [0.05, 0.1) is 12.1 Å². The monoisotopic (exact) mass is 367 g/mol. The zero-order valence-electron chi connectivity index (χ0n) is 13.5. The maximum atomic E-state index is 13.0. The van der Waals surface area contributed by atoms with E-state index in [2.05, 4.69) is 0 Å². The first kappa shape index (κ1) is 16.1. The van der Waals surface area contributed by atoms with E-state index in [1.54, 1.807) is 11.3 Å². The number of fused-ring (bicyclic) bond motifs is 1. The summed E-state index contributed by atoms with van der Waals surface area (Å²) < 4.78 is 1.08. The van der Waals surface area contributed by atoms with Crippen LogP contribution in [0.2, 0.25) is 0 Å². The fraction of sp³-hybridized carbons (Fsp3) is 0.100. The van der Waals surface area contributed by atoms with Crippen LogP contribution in [0, 0.1) is 6.92 Å². The standard InChI is InChI=1S/C20H14ClNO2S/c1-12-16(14-9-5-6-10-15(14)25-12)17-18(21)20(24)22(19(17)23)11-13-7-3-2-4-8-13/h2-10H,11H2,1H3. The third-order valence-corrected chi connectivity index (χ3v) is 5.75. The number of halogens is 1. The van der Waals surface area contributed by atoms with Crippen LogP contribution in [0.15, 0.2) is 59.6 Å². The molecule has 1 aliphatic rings. The number of hydrogen-bond donors (Lipinski definition) is 0. The second-order valence-electron chi connectivity index (χ2n) is 5.90. The highest BCUT2D eigenvalue weighted by Gasteiger charge is 2.39. The van der Waals surface area contributed by atoms with E-state index in [1.807, 2.05) is 61.5 Å². The van der Waals surface area contributed by atoms with Gasteiger partial charge in [0, 0.05) is 20.5 Å². The van der Waals surface area contributed by atoms with Crippen molar-refractivity contribution >= 4 is 50.4 Å². The molecule has 2 amide bonds. The lowest BCUT2D eigenvalue weighted by Crippen LogP contribution is -2.30. The van der Waals surface area contributed by atoms with Gasteiger partial charge in [-0.2, -0.15) is 0 Å². The van der Waals surface area contributed by atoms with Gasteiger partial charge in [-0.15, -0.1) is 11.3 Å². The molecule has 0 fully saturated rings. The molecule has 124 valence electrons. The van der Waals surface area contributed by atoms with Crippen LogP contribution in [-0.2, 0) is 16.1 Å². The average molecular weight is 368 g/mol. The molecule has 3 nitrogen and oxygen atoms in total. The van der Waals surface area contributed by atoms with Crippen LogP contribution < -0.4 is 0 Å². The Bertz CT molecular complexity index is 1040. The zero-order valence-corrected chi connectivity index (χ0v) is 15.0. The van der Waals surface area contributed by atoms with Crippen molar-refractivity contribution in [2.75, 3.05) is 0 Å². The Morgan fingerprint density at radius 3 is 2.40 bits per heavy atom. The molecule has 0 bridgehead atoms. The number of hydrogen-bond acceptors (Lipinski definition) is 3. The molecule has 0 saturated heterocycles. The maximum absolute atomic E-state index is 13.0. The summed E-state index contributed by atoms with van der Waals surface area (Å²) in [5.74, 6) is -0.759.